The molecule has 1 fully saturated rings. The lowest BCUT2D eigenvalue weighted by Crippen LogP contribution is -2.22. The average molecular weight is 208 g/mol. The molecule has 2 N–H and O–H groups in total. The minimum atomic E-state index is 0.340. The Kier molecular flexibility index (Phi) is 2.78. The van der Waals surface area contributed by atoms with Crippen LogP contribution in [0.15, 0.2) is 0 Å². The van der Waals surface area contributed by atoms with E-state index in [9.17, 15) is 0 Å². The van der Waals surface area contributed by atoms with Crippen LogP contribution in [0.25, 0.3) is 0 Å². The Bertz CT molecular complexity index is 338. The number of hydrogen-bond donors (Lipinski definition) is 1. The van der Waals surface area contributed by atoms with Gasteiger partial charge in [0.1, 0.15) is 11.6 Å². The van der Waals surface area contributed by atoms with Gasteiger partial charge in [-0.3, -0.25) is 0 Å². The highest BCUT2D eigenvalue weighted by Gasteiger charge is 2.31. The molecule has 1 aliphatic carbocycles. The monoisotopic (exact) mass is 208 g/mol. The zero-order valence-corrected chi connectivity index (χ0v) is 9.77. The second kappa shape index (κ2) is 3.93. The van der Waals surface area contributed by atoms with Crippen LogP contribution in [0.4, 0.5) is 0 Å². The van der Waals surface area contributed by atoms with Gasteiger partial charge in [0.2, 0.25) is 0 Å². The van der Waals surface area contributed by atoms with E-state index >= 15 is 0 Å². The predicted molar refractivity (Wildman–Crippen MR) is 59.7 cm³/mol. The van der Waals surface area contributed by atoms with Crippen molar-refractivity contribution in [2.75, 3.05) is 6.54 Å². The maximum atomic E-state index is 5.82. The summed E-state index contributed by atoms with van der Waals surface area (Å²) >= 11 is 0. The highest BCUT2D eigenvalue weighted by molar-refractivity contribution is 5.07. The molecule has 1 heterocycles. The quantitative estimate of drug-likeness (QED) is 0.818. The molecule has 0 amide bonds. The van der Waals surface area contributed by atoms with E-state index in [-0.39, 0.29) is 0 Å². The minimum Gasteiger partial charge on any atom is -0.330 e. The molecule has 84 valence electrons. The van der Waals surface area contributed by atoms with E-state index < -0.39 is 0 Å². The Balaban J connectivity index is 2.33. The minimum absolute atomic E-state index is 0.340. The largest absolute Gasteiger partial charge is 0.330 e. The van der Waals surface area contributed by atoms with Crippen LogP contribution >= 0.6 is 0 Å². The summed E-state index contributed by atoms with van der Waals surface area (Å²) in [6, 6.07) is 0.641. The van der Waals surface area contributed by atoms with E-state index in [0.717, 1.165) is 11.6 Å². The number of nitrogens with zero attached hydrogens (tertiary/aromatic N) is 3. The summed E-state index contributed by atoms with van der Waals surface area (Å²) in [6.45, 7) is 7.07. The Morgan fingerprint density at radius 3 is 2.53 bits per heavy atom. The van der Waals surface area contributed by atoms with Crippen molar-refractivity contribution in [3.8, 4) is 0 Å². The van der Waals surface area contributed by atoms with Crippen molar-refractivity contribution in [3.63, 3.8) is 0 Å². The van der Waals surface area contributed by atoms with Gasteiger partial charge in [0.15, 0.2) is 0 Å². The predicted octanol–water partition coefficient (Wildman–Crippen LogP) is 1.62. The van der Waals surface area contributed by atoms with Crippen LogP contribution in [-0.4, -0.2) is 21.3 Å². The molecular weight excluding hydrogens is 188 g/mol. The van der Waals surface area contributed by atoms with Crippen LogP contribution in [0.3, 0.4) is 0 Å². The van der Waals surface area contributed by atoms with E-state index in [1.807, 2.05) is 6.92 Å². The van der Waals surface area contributed by atoms with E-state index in [2.05, 4.69) is 28.6 Å². The van der Waals surface area contributed by atoms with Crippen LogP contribution in [-0.2, 0) is 0 Å². The molecule has 1 atom stereocenters. The summed E-state index contributed by atoms with van der Waals surface area (Å²) in [4.78, 5) is 0. The molecule has 1 unspecified atom stereocenters. The standard InChI is InChI=1S/C11H20N4/c1-7(2)10(6-12)11-14-13-8(3)15(11)9-4-5-9/h7,9-10H,4-6,12H2,1-3H3. The van der Waals surface area contributed by atoms with Gasteiger partial charge in [-0.2, -0.15) is 0 Å². The van der Waals surface area contributed by atoms with E-state index in [1.54, 1.807) is 0 Å². The van der Waals surface area contributed by atoms with Crippen LogP contribution in [0.5, 0.6) is 0 Å². The molecule has 2 rings (SSSR count). The lowest BCUT2D eigenvalue weighted by Gasteiger charge is -2.19. The average Bonchev–Trinajstić information content (AvgIpc) is 2.93. The summed E-state index contributed by atoms with van der Waals surface area (Å²) in [6.07, 6.45) is 2.53. The molecule has 0 saturated heterocycles. The summed E-state index contributed by atoms with van der Waals surface area (Å²) in [5.41, 5.74) is 5.82. The van der Waals surface area contributed by atoms with Gasteiger partial charge in [0.05, 0.1) is 0 Å². The summed E-state index contributed by atoms with van der Waals surface area (Å²) in [5, 5.41) is 8.49. The first kappa shape index (κ1) is 10.6. The molecule has 4 heteroatoms. The zero-order chi connectivity index (χ0) is 11.0. The topological polar surface area (TPSA) is 56.7 Å². The number of aromatic nitrogens is 3. The molecule has 1 saturated carbocycles. The normalized spacial score (nSPS) is 18.5. The van der Waals surface area contributed by atoms with Gasteiger partial charge in [0, 0.05) is 18.5 Å². The first-order valence-corrected chi connectivity index (χ1v) is 5.76. The molecule has 0 bridgehead atoms. The van der Waals surface area contributed by atoms with Gasteiger partial charge in [-0.05, 0) is 25.7 Å². The third kappa shape index (κ3) is 1.91. The number of aryl methyl sites for hydroxylation is 1. The van der Waals surface area contributed by atoms with Crippen molar-refractivity contribution in [2.24, 2.45) is 11.7 Å². The molecule has 0 radical (unpaired) electrons. The van der Waals surface area contributed by atoms with Crippen LogP contribution in [0.2, 0.25) is 0 Å². The number of nitrogens with two attached hydrogens (primary N) is 1. The highest BCUT2D eigenvalue weighted by atomic mass is 15.3. The van der Waals surface area contributed by atoms with Gasteiger partial charge in [0.25, 0.3) is 0 Å². The summed E-state index contributed by atoms with van der Waals surface area (Å²) < 4.78 is 2.29. The van der Waals surface area contributed by atoms with E-state index in [0.29, 0.717) is 24.4 Å². The number of rotatable bonds is 4. The van der Waals surface area contributed by atoms with Crippen LogP contribution in [0, 0.1) is 12.8 Å². The first-order valence-electron chi connectivity index (χ1n) is 5.76. The fourth-order valence-electron chi connectivity index (χ4n) is 2.10. The van der Waals surface area contributed by atoms with Gasteiger partial charge < -0.3 is 10.3 Å². The molecule has 0 aliphatic heterocycles. The third-order valence-corrected chi connectivity index (χ3v) is 3.19. The molecule has 0 spiro atoms. The molecule has 4 nitrogen and oxygen atoms in total. The van der Waals surface area contributed by atoms with Crippen LogP contribution < -0.4 is 5.73 Å². The zero-order valence-electron chi connectivity index (χ0n) is 9.77. The van der Waals surface area contributed by atoms with Crippen molar-refractivity contribution >= 4 is 0 Å². The second-order valence-corrected chi connectivity index (χ2v) is 4.79. The van der Waals surface area contributed by atoms with Gasteiger partial charge in [-0.15, -0.1) is 10.2 Å². The van der Waals surface area contributed by atoms with Gasteiger partial charge in [-0.25, -0.2) is 0 Å². The Hall–Kier alpha value is -0.900. The summed E-state index contributed by atoms with van der Waals surface area (Å²) in [7, 11) is 0. The second-order valence-electron chi connectivity index (χ2n) is 4.79. The Morgan fingerprint density at radius 1 is 1.40 bits per heavy atom. The summed E-state index contributed by atoms with van der Waals surface area (Å²) in [5.74, 6) is 2.99. The highest BCUT2D eigenvalue weighted by Crippen LogP contribution is 2.38. The molecular formula is C11H20N4. The van der Waals surface area contributed by atoms with Crippen molar-refractivity contribution in [1.82, 2.24) is 14.8 Å². The maximum Gasteiger partial charge on any atom is 0.137 e. The Labute approximate surface area is 90.9 Å². The maximum absolute atomic E-state index is 5.82. The SMILES string of the molecule is Cc1nnc(C(CN)C(C)C)n1C1CC1. The van der Waals surface area contributed by atoms with Crippen molar-refractivity contribution in [1.29, 1.82) is 0 Å². The van der Waals surface area contributed by atoms with Crippen LogP contribution in [0.1, 0.15) is 50.3 Å². The molecule has 1 aliphatic rings. The van der Waals surface area contributed by atoms with Crippen molar-refractivity contribution in [3.05, 3.63) is 11.6 Å². The molecule has 1 aromatic rings. The van der Waals surface area contributed by atoms with E-state index in [4.69, 9.17) is 5.73 Å². The Morgan fingerprint density at radius 2 is 2.07 bits per heavy atom. The fourth-order valence-corrected chi connectivity index (χ4v) is 2.10. The molecule has 0 aromatic carbocycles. The lowest BCUT2D eigenvalue weighted by molar-refractivity contribution is 0.459. The third-order valence-electron chi connectivity index (χ3n) is 3.19. The first-order chi connectivity index (χ1) is 7.15. The van der Waals surface area contributed by atoms with Crippen molar-refractivity contribution < 1.29 is 0 Å². The van der Waals surface area contributed by atoms with Gasteiger partial charge >= 0.3 is 0 Å². The van der Waals surface area contributed by atoms with Crippen molar-refractivity contribution in [2.45, 2.75) is 45.6 Å². The molecule has 1 aromatic heterocycles. The fraction of sp³-hybridized carbons (Fsp3) is 0.818. The van der Waals surface area contributed by atoms with E-state index in [1.165, 1.54) is 12.8 Å². The van der Waals surface area contributed by atoms with Gasteiger partial charge in [-0.1, -0.05) is 13.8 Å². The smallest absolute Gasteiger partial charge is 0.137 e. The number of hydrogen-bond acceptors (Lipinski definition) is 3. The lowest BCUT2D eigenvalue weighted by atomic mass is 9.95. The molecule has 15 heavy (non-hydrogen) atoms.